The first-order valence-electron chi connectivity index (χ1n) is 9.16. The van der Waals surface area contributed by atoms with Crippen molar-refractivity contribution in [3.8, 4) is 0 Å². The van der Waals surface area contributed by atoms with Crippen molar-refractivity contribution in [3.05, 3.63) is 62.2 Å². The van der Waals surface area contributed by atoms with Crippen LogP contribution in [-0.4, -0.2) is 44.4 Å². The number of carbonyl (C=O) groups excluding carboxylic acids is 1. The molecule has 30 heavy (non-hydrogen) atoms. The first-order valence-corrected chi connectivity index (χ1v) is 10.7. The van der Waals surface area contributed by atoms with Crippen molar-refractivity contribution in [2.24, 2.45) is 0 Å². The predicted octanol–water partition coefficient (Wildman–Crippen LogP) is 3.22. The van der Waals surface area contributed by atoms with Crippen LogP contribution in [0.4, 0.5) is 5.69 Å². The Hall–Kier alpha value is -2.52. The number of methoxy groups -OCH3 is 2. The van der Waals surface area contributed by atoms with E-state index in [0.29, 0.717) is 11.4 Å². The SMILES string of the molecule is COC(=O)C1=C(C)NC(C)=C(P2(=O)OCC(OC)CO2)C1c1ccccc1[N+](=O)[O-]. The van der Waals surface area contributed by atoms with Crippen LogP contribution in [0.15, 0.2) is 46.5 Å². The molecule has 0 radical (unpaired) electrons. The number of hydrogen-bond acceptors (Lipinski definition) is 9. The first kappa shape index (κ1) is 22.2. The Morgan fingerprint density at radius 3 is 2.40 bits per heavy atom. The molecule has 2 aliphatic rings. The fourth-order valence-corrected chi connectivity index (χ4v) is 5.78. The van der Waals surface area contributed by atoms with Crippen LogP contribution < -0.4 is 5.32 Å². The summed E-state index contributed by atoms with van der Waals surface area (Å²) in [6, 6.07) is 5.98. The van der Waals surface area contributed by atoms with Gasteiger partial charge in [-0.05, 0) is 13.8 Å². The summed E-state index contributed by atoms with van der Waals surface area (Å²) in [6.45, 7) is 3.34. The lowest BCUT2D eigenvalue weighted by Gasteiger charge is -2.36. The van der Waals surface area contributed by atoms with E-state index in [-0.39, 0.29) is 35.4 Å². The minimum Gasteiger partial charge on any atom is -0.466 e. The quantitative estimate of drug-likeness (QED) is 0.319. The van der Waals surface area contributed by atoms with E-state index in [1.165, 1.54) is 32.4 Å². The molecule has 1 atom stereocenters. The van der Waals surface area contributed by atoms with Crippen LogP contribution in [0.1, 0.15) is 25.3 Å². The Balaban J connectivity index is 2.22. The molecule has 1 saturated heterocycles. The number of nitro benzene ring substituents is 1. The average Bonchev–Trinajstić information content (AvgIpc) is 2.73. The summed E-state index contributed by atoms with van der Waals surface area (Å²) in [7, 11) is -1.21. The number of nitrogens with zero attached hydrogens (tertiary/aromatic N) is 1. The fourth-order valence-electron chi connectivity index (χ4n) is 3.65. The second kappa shape index (κ2) is 8.69. The summed E-state index contributed by atoms with van der Waals surface area (Å²) < 4.78 is 35.0. The van der Waals surface area contributed by atoms with Crippen molar-refractivity contribution in [2.45, 2.75) is 25.9 Å². The second-order valence-electron chi connectivity index (χ2n) is 6.86. The minimum atomic E-state index is -3.91. The highest BCUT2D eigenvalue weighted by molar-refractivity contribution is 7.58. The van der Waals surface area contributed by atoms with Gasteiger partial charge in [0.1, 0.15) is 6.10 Å². The highest BCUT2D eigenvalue weighted by atomic mass is 31.2. The number of para-hydroxylation sites is 1. The number of dihydropyridines is 1. The lowest BCUT2D eigenvalue weighted by atomic mass is 9.85. The van der Waals surface area contributed by atoms with Gasteiger partial charge in [-0.2, -0.15) is 0 Å². The largest absolute Gasteiger partial charge is 0.466 e. The minimum absolute atomic E-state index is 0.0183. The van der Waals surface area contributed by atoms with E-state index in [9.17, 15) is 19.5 Å². The van der Waals surface area contributed by atoms with Crippen molar-refractivity contribution in [1.82, 2.24) is 5.32 Å². The third-order valence-electron chi connectivity index (χ3n) is 5.06. The van der Waals surface area contributed by atoms with Gasteiger partial charge in [0.05, 0.1) is 42.1 Å². The summed E-state index contributed by atoms with van der Waals surface area (Å²) in [5.74, 6) is -1.75. The van der Waals surface area contributed by atoms with Crippen LogP contribution in [0.25, 0.3) is 0 Å². The highest BCUT2D eigenvalue weighted by Crippen LogP contribution is 2.65. The number of esters is 1. The molecule has 10 nitrogen and oxygen atoms in total. The molecule has 0 aliphatic carbocycles. The molecule has 1 aromatic carbocycles. The van der Waals surface area contributed by atoms with Gasteiger partial charge in [-0.15, -0.1) is 0 Å². The van der Waals surface area contributed by atoms with E-state index in [1.807, 2.05) is 0 Å². The van der Waals surface area contributed by atoms with Gasteiger partial charge in [-0.1, -0.05) is 18.2 Å². The summed E-state index contributed by atoms with van der Waals surface area (Å²) in [6.07, 6.45) is -0.397. The van der Waals surface area contributed by atoms with Gasteiger partial charge in [0.2, 0.25) is 0 Å². The third-order valence-corrected chi connectivity index (χ3v) is 7.23. The average molecular weight is 438 g/mol. The maximum atomic E-state index is 13.7. The smallest absolute Gasteiger partial charge is 0.360 e. The summed E-state index contributed by atoms with van der Waals surface area (Å²) in [4.78, 5) is 23.8. The van der Waals surface area contributed by atoms with Crippen LogP contribution >= 0.6 is 7.60 Å². The Kier molecular flexibility index (Phi) is 6.42. The van der Waals surface area contributed by atoms with Crippen LogP contribution in [0.3, 0.4) is 0 Å². The first-order chi connectivity index (χ1) is 14.2. The van der Waals surface area contributed by atoms with E-state index >= 15 is 0 Å². The Labute approximate surface area is 173 Å². The molecule has 162 valence electrons. The van der Waals surface area contributed by atoms with Crippen LogP contribution in [0.5, 0.6) is 0 Å². The number of benzene rings is 1. The summed E-state index contributed by atoms with van der Waals surface area (Å²) in [5, 5.41) is 14.9. The van der Waals surface area contributed by atoms with Gasteiger partial charge in [0, 0.05) is 30.1 Å². The topological polar surface area (TPSA) is 126 Å². The fraction of sp³-hybridized carbons (Fsp3) is 0.421. The molecule has 0 saturated carbocycles. The molecule has 3 rings (SSSR count). The molecule has 2 heterocycles. The van der Waals surface area contributed by atoms with Crippen molar-refractivity contribution in [3.63, 3.8) is 0 Å². The Morgan fingerprint density at radius 2 is 1.83 bits per heavy atom. The molecule has 0 spiro atoms. The number of nitrogens with one attached hydrogen (secondary N) is 1. The normalized spacial score (nSPS) is 26.9. The third kappa shape index (κ3) is 3.91. The van der Waals surface area contributed by atoms with E-state index in [0.717, 1.165) is 0 Å². The van der Waals surface area contributed by atoms with Crippen molar-refractivity contribution in [1.29, 1.82) is 0 Å². The molecule has 0 amide bonds. The molecule has 0 bridgehead atoms. The molecule has 1 aromatic rings. The maximum absolute atomic E-state index is 13.7. The number of rotatable bonds is 5. The van der Waals surface area contributed by atoms with Crippen molar-refractivity contribution in [2.75, 3.05) is 27.4 Å². The van der Waals surface area contributed by atoms with Crippen molar-refractivity contribution >= 4 is 19.3 Å². The zero-order chi connectivity index (χ0) is 22.1. The molecular formula is C19H23N2O8P. The van der Waals surface area contributed by atoms with Crippen LogP contribution in [0, 0.1) is 10.1 Å². The highest BCUT2D eigenvalue weighted by Gasteiger charge is 2.48. The summed E-state index contributed by atoms with van der Waals surface area (Å²) >= 11 is 0. The van der Waals surface area contributed by atoms with Gasteiger partial charge in [-0.3, -0.25) is 14.7 Å². The number of nitro groups is 1. The van der Waals surface area contributed by atoms with Crippen molar-refractivity contribution < 1.29 is 32.8 Å². The molecular weight excluding hydrogens is 415 g/mol. The zero-order valence-electron chi connectivity index (χ0n) is 17.0. The molecule has 11 heteroatoms. The molecule has 0 aromatic heterocycles. The molecule has 1 unspecified atom stereocenters. The van der Waals surface area contributed by atoms with Gasteiger partial charge in [0.25, 0.3) is 5.69 Å². The second-order valence-corrected chi connectivity index (χ2v) is 8.85. The number of carbonyl (C=O) groups is 1. The number of allylic oxidation sites excluding steroid dienone is 3. The Morgan fingerprint density at radius 1 is 1.20 bits per heavy atom. The van der Waals surface area contributed by atoms with Crippen LogP contribution in [0.2, 0.25) is 0 Å². The van der Waals surface area contributed by atoms with Crippen LogP contribution in [-0.2, 0) is 27.9 Å². The van der Waals surface area contributed by atoms with Gasteiger partial charge in [0.15, 0.2) is 0 Å². The molecule has 2 aliphatic heterocycles. The lowest BCUT2D eigenvalue weighted by molar-refractivity contribution is -0.385. The maximum Gasteiger partial charge on any atom is 0.360 e. The number of hydrogen-bond donors (Lipinski definition) is 1. The predicted molar refractivity (Wildman–Crippen MR) is 107 cm³/mol. The van der Waals surface area contributed by atoms with E-state index in [1.54, 1.807) is 19.9 Å². The summed E-state index contributed by atoms with van der Waals surface area (Å²) in [5.41, 5.74) is 0.937. The molecule has 1 N–H and O–H groups in total. The Bertz CT molecular complexity index is 975. The van der Waals surface area contributed by atoms with Gasteiger partial charge < -0.3 is 23.8 Å². The van der Waals surface area contributed by atoms with E-state index < -0.39 is 30.5 Å². The monoisotopic (exact) mass is 438 g/mol. The van der Waals surface area contributed by atoms with E-state index in [2.05, 4.69) is 5.32 Å². The van der Waals surface area contributed by atoms with Gasteiger partial charge >= 0.3 is 13.6 Å². The zero-order valence-corrected chi connectivity index (χ0v) is 17.9. The van der Waals surface area contributed by atoms with Gasteiger partial charge in [-0.25, -0.2) is 4.79 Å². The lowest BCUT2D eigenvalue weighted by Crippen LogP contribution is -2.33. The molecule has 1 fully saturated rings. The number of ether oxygens (including phenoxy) is 2. The standard InChI is InChI=1S/C19H23N2O8P/c1-11-16(19(22)27-4)17(14-7-5-6-8-15(14)21(23)24)18(12(2)20-11)30(25)28-9-13(26-3)10-29-30/h5-8,13,17,20H,9-10H2,1-4H3. The van der Waals surface area contributed by atoms with E-state index in [4.69, 9.17) is 18.5 Å².